The number of amides is 1. The molecule has 7 heteroatoms. The van der Waals surface area contributed by atoms with Gasteiger partial charge in [0.2, 0.25) is 0 Å². The van der Waals surface area contributed by atoms with Gasteiger partial charge in [-0.1, -0.05) is 48.5 Å². The van der Waals surface area contributed by atoms with Crippen molar-refractivity contribution in [2.75, 3.05) is 11.3 Å². The molecule has 0 fully saturated rings. The minimum atomic E-state index is -1.13. The number of carbonyl (C=O) groups excluding carboxylic acids is 1. The number of aromatic nitrogens is 2. The third-order valence-electron chi connectivity index (χ3n) is 5.48. The first-order valence-electron chi connectivity index (χ1n) is 10.4. The number of benzene rings is 3. The van der Waals surface area contributed by atoms with Gasteiger partial charge in [0, 0.05) is 23.2 Å². The smallest absolute Gasteiger partial charge is 0.336 e. The minimum absolute atomic E-state index is 0.0202. The van der Waals surface area contributed by atoms with Crippen molar-refractivity contribution in [2.24, 2.45) is 0 Å². The second-order valence-electron chi connectivity index (χ2n) is 7.73. The Kier molecular flexibility index (Phi) is 5.87. The Morgan fingerprint density at radius 3 is 1.91 bits per heavy atom. The summed E-state index contributed by atoms with van der Waals surface area (Å²) in [6.45, 7) is 4.02. The van der Waals surface area contributed by atoms with Gasteiger partial charge < -0.3 is 10.9 Å². The molecule has 5 rings (SSSR count). The van der Waals surface area contributed by atoms with E-state index in [-0.39, 0.29) is 11.1 Å². The number of hydrogen-bond donors (Lipinski definition) is 3. The van der Waals surface area contributed by atoms with Gasteiger partial charge in [0.05, 0.1) is 22.2 Å². The first-order chi connectivity index (χ1) is 15.9. The monoisotopic (exact) mass is 440 g/mol. The van der Waals surface area contributed by atoms with E-state index in [2.05, 4.69) is 18.4 Å². The quantitative estimate of drug-likeness (QED) is 0.354. The van der Waals surface area contributed by atoms with Crippen LogP contribution < -0.4 is 11.3 Å². The maximum atomic E-state index is 12.4. The fraction of sp³-hybridized carbons (Fsp3) is 0.0769. The molecule has 0 aliphatic carbocycles. The number of hydrogen-bond acceptors (Lipinski definition) is 3. The van der Waals surface area contributed by atoms with E-state index in [4.69, 9.17) is 10.9 Å². The molecule has 0 saturated heterocycles. The van der Waals surface area contributed by atoms with Crippen molar-refractivity contribution in [1.29, 1.82) is 0 Å². The lowest BCUT2D eigenvalue weighted by Crippen LogP contribution is -2.24. The summed E-state index contributed by atoms with van der Waals surface area (Å²) in [5, 5.41) is 11.4. The molecule has 7 nitrogen and oxygen atoms in total. The first kappa shape index (κ1) is 21.7. The van der Waals surface area contributed by atoms with Crippen molar-refractivity contribution < 1.29 is 14.7 Å². The summed E-state index contributed by atoms with van der Waals surface area (Å²) in [5.74, 6) is 4.11. The summed E-state index contributed by atoms with van der Waals surface area (Å²) >= 11 is 0. The Morgan fingerprint density at radius 2 is 1.27 bits per heavy atom. The number of rotatable bonds is 3. The van der Waals surface area contributed by atoms with Gasteiger partial charge >= 0.3 is 5.97 Å². The molecule has 0 unspecified atom stereocenters. The Labute approximate surface area is 190 Å². The average Bonchev–Trinajstić information content (AvgIpc) is 3.30. The zero-order valence-electron chi connectivity index (χ0n) is 18.3. The Bertz CT molecular complexity index is 1440. The van der Waals surface area contributed by atoms with E-state index < -0.39 is 11.9 Å². The molecule has 0 atom stereocenters. The Morgan fingerprint density at radius 1 is 0.758 bits per heavy atom. The zero-order valence-corrected chi connectivity index (χ0v) is 18.3. The highest BCUT2D eigenvalue weighted by atomic mass is 16.4. The average molecular weight is 441 g/mol. The van der Waals surface area contributed by atoms with Crippen molar-refractivity contribution in [3.8, 4) is 0 Å². The number of nitrogen functional groups attached to an aromatic ring is 1. The van der Waals surface area contributed by atoms with Gasteiger partial charge in [-0.15, -0.1) is 0 Å². The van der Waals surface area contributed by atoms with E-state index >= 15 is 0 Å². The summed E-state index contributed by atoms with van der Waals surface area (Å²) in [6.07, 6.45) is 3.75. The third-order valence-corrected chi connectivity index (χ3v) is 5.48. The largest absolute Gasteiger partial charge is 0.478 e. The highest BCUT2D eigenvalue weighted by molar-refractivity contribution is 6.08. The van der Waals surface area contributed by atoms with Crippen molar-refractivity contribution >= 4 is 33.7 Å². The van der Waals surface area contributed by atoms with Crippen LogP contribution in [0.4, 0.5) is 0 Å². The lowest BCUT2D eigenvalue weighted by molar-refractivity contribution is 0.0692. The molecule has 2 heterocycles. The van der Waals surface area contributed by atoms with E-state index in [1.807, 2.05) is 61.8 Å². The molecule has 166 valence electrons. The summed E-state index contributed by atoms with van der Waals surface area (Å²) in [4.78, 5) is 23.6. The molecule has 2 aromatic heterocycles. The molecule has 0 aliphatic rings. The molecule has 33 heavy (non-hydrogen) atoms. The second-order valence-corrected chi connectivity index (χ2v) is 7.73. The molecular weight excluding hydrogens is 416 g/mol. The number of carbonyl (C=O) groups is 2. The van der Waals surface area contributed by atoms with E-state index in [1.165, 1.54) is 23.1 Å². The fourth-order valence-electron chi connectivity index (χ4n) is 3.86. The number of nitrogens with two attached hydrogens (primary N) is 1. The van der Waals surface area contributed by atoms with Crippen LogP contribution in [0, 0.1) is 13.8 Å². The summed E-state index contributed by atoms with van der Waals surface area (Å²) < 4.78 is 3.27. The molecule has 0 radical (unpaired) electrons. The summed E-state index contributed by atoms with van der Waals surface area (Å²) in [5.41, 5.74) is 7.05. The SMILES string of the molecule is Cc1cn(N)c2ccccc12.Cc1cn(NC(=O)c2ccccc2C(=O)O)c2ccccc12. The minimum Gasteiger partial charge on any atom is -0.478 e. The molecule has 3 aromatic carbocycles. The van der Waals surface area contributed by atoms with E-state index in [0.717, 1.165) is 22.0 Å². The van der Waals surface area contributed by atoms with Crippen LogP contribution in [0.15, 0.2) is 85.2 Å². The van der Waals surface area contributed by atoms with Crippen molar-refractivity contribution in [2.45, 2.75) is 13.8 Å². The van der Waals surface area contributed by atoms with Crippen LogP contribution in [0.5, 0.6) is 0 Å². The molecule has 0 spiro atoms. The molecular formula is C26H24N4O3. The van der Waals surface area contributed by atoms with Gasteiger partial charge in [-0.3, -0.25) is 19.6 Å². The summed E-state index contributed by atoms with van der Waals surface area (Å²) in [6, 6.07) is 21.9. The lowest BCUT2D eigenvalue weighted by Gasteiger charge is -2.09. The maximum Gasteiger partial charge on any atom is 0.336 e. The number of para-hydroxylation sites is 2. The van der Waals surface area contributed by atoms with Crippen LogP contribution in [-0.4, -0.2) is 26.3 Å². The van der Waals surface area contributed by atoms with Crippen molar-refractivity contribution in [3.05, 3.63) is 107 Å². The number of carboxylic acids is 1. The van der Waals surface area contributed by atoms with Gasteiger partial charge in [0.1, 0.15) is 0 Å². The van der Waals surface area contributed by atoms with Crippen LogP contribution in [0.1, 0.15) is 31.8 Å². The highest BCUT2D eigenvalue weighted by Crippen LogP contribution is 2.20. The molecule has 0 saturated carbocycles. The van der Waals surface area contributed by atoms with E-state index in [9.17, 15) is 9.59 Å². The van der Waals surface area contributed by atoms with Crippen LogP contribution in [0.3, 0.4) is 0 Å². The normalized spacial score (nSPS) is 10.6. The van der Waals surface area contributed by atoms with Crippen LogP contribution in [0.25, 0.3) is 21.8 Å². The highest BCUT2D eigenvalue weighted by Gasteiger charge is 2.16. The topological polar surface area (TPSA) is 102 Å². The first-order valence-corrected chi connectivity index (χ1v) is 10.4. The van der Waals surface area contributed by atoms with Crippen LogP contribution >= 0.6 is 0 Å². The Hall–Kier alpha value is -4.52. The number of fused-ring (bicyclic) bond motifs is 2. The zero-order chi connectivity index (χ0) is 23.5. The standard InChI is InChI=1S/C17H14N2O3.C9H10N2/c1-11-10-19(15-9-5-4-6-12(11)15)18-16(20)13-7-2-3-8-14(13)17(21)22;1-7-6-11(10)9-5-3-2-4-8(7)9/h2-10H,1H3,(H,18,20)(H,21,22);2-6H,10H2,1H3. The van der Waals surface area contributed by atoms with Gasteiger partial charge in [0.25, 0.3) is 5.91 Å². The third kappa shape index (κ3) is 4.29. The van der Waals surface area contributed by atoms with E-state index in [0.29, 0.717) is 0 Å². The van der Waals surface area contributed by atoms with Crippen LogP contribution in [-0.2, 0) is 0 Å². The van der Waals surface area contributed by atoms with E-state index in [1.54, 1.807) is 21.5 Å². The Balaban J connectivity index is 0.000000196. The molecule has 5 aromatic rings. The molecule has 0 bridgehead atoms. The summed E-state index contributed by atoms with van der Waals surface area (Å²) in [7, 11) is 0. The number of aromatic carboxylic acids is 1. The maximum absolute atomic E-state index is 12.4. The van der Waals surface area contributed by atoms with Crippen molar-refractivity contribution in [3.63, 3.8) is 0 Å². The van der Waals surface area contributed by atoms with Gasteiger partial charge in [0.15, 0.2) is 0 Å². The lowest BCUT2D eigenvalue weighted by atomic mass is 10.1. The predicted octanol–water partition coefficient (Wildman–Crippen LogP) is 4.70. The number of nitrogens with zero attached hydrogens (tertiary/aromatic N) is 2. The van der Waals surface area contributed by atoms with Gasteiger partial charge in [-0.25, -0.2) is 4.79 Å². The molecule has 4 N–H and O–H groups in total. The van der Waals surface area contributed by atoms with Gasteiger partial charge in [-0.2, -0.15) is 0 Å². The molecule has 0 aliphatic heterocycles. The number of aryl methyl sites for hydroxylation is 2. The predicted molar refractivity (Wildman–Crippen MR) is 131 cm³/mol. The number of carboxylic acid groups (broad SMARTS) is 1. The van der Waals surface area contributed by atoms with Crippen molar-refractivity contribution in [1.82, 2.24) is 9.35 Å². The fourth-order valence-corrected chi connectivity index (χ4v) is 3.86. The number of nitrogens with one attached hydrogen (secondary N) is 1. The second kappa shape index (κ2) is 8.92. The van der Waals surface area contributed by atoms with Crippen LogP contribution in [0.2, 0.25) is 0 Å². The van der Waals surface area contributed by atoms with Gasteiger partial charge in [-0.05, 0) is 49.2 Å². The molecule has 1 amide bonds.